The van der Waals surface area contributed by atoms with E-state index in [0.717, 1.165) is 19.5 Å². The number of rotatable bonds is 4. The van der Waals surface area contributed by atoms with Gasteiger partial charge in [0.1, 0.15) is 0 Å². The number of likely N-dealkylation sites (tertiary alicyclic amines) is 1. The monoisotopic (exact) mass is 267 g/mol. The van der Waals surface area contributed by atoms with Crippen LogP contribution in [0, 0.1) is 11.3 Å². The predicted molar refractivity (Wildman–Crippen MR) is 77.0 cm³/mol. The van der Waals surface area contributed by atoms with E-state index in [4.69, 9.17) is 4.74 Å². The molecule has 0 N–H and O–H groups in total. The van der Waals surface area contributed by atoms with Crippen molar-refractivity contribution < 1.29 is 9.53 Å². The second-order valence-electron chi connectivity index (χ2n) is 7.23. The minimum absolute atomic E-state index is 0.0149. The van der Waals surface area contributed by atoms with Gasteiger partial charge in [0, 0.05) is 5.54 Å². The van der Waals surface area contributed by atoms with Crippen molar-refractivity contribution in [3.63, 3.8) is 0 Å². The Kier molecular flexibility index (Phi) is 4.24. The lowest BCUT2D eigenvalue weighted by Gasteiger charge is -2.42. The van der Waals surface area contributed by atoms with Crippen molar-refractivity contribution in [2.24, 2.45) is 11.3 Å². The Balaban J connectivity index is 2.20. The maximum atomic E-state index is 12.1. The molecule has 0 aromatic heterocycles. The molecule has 2 unspecified atom stereocenters. The Morgan fingerprint density at radius 3 is 2.42 bits per heavy atom. The van der Waals surface area contributed by atoms with E-state index in [0.29, 0.717) is 24.4 Å². The SMILES string of the molecule is CCOC(=O)CC1(N2CCCC2)CC(C)(C)CC1C. The van der Waals surface area contributed by atoms with Crippen LogP contribution in [0.2, 0.25) is 0 Å². The van der Waals surface area contributed by atoms with Crippen molar-refractivity contribution >= 4 is 5.97 Å². The molecule has 1 heterocycles. The molecule has 2 aliphatic rings. The first-order valence-corrected chi connectivity index (χ1v) is 7.80. The van der Waals surface area contributed by atoms with E-state index in [1.807, 2.05) is 6.92 Å². The minimum atomic E-state index is -0.0149. The summed E-state index contributed by atoms with van der Waals surface area (Å²) in [5.74, 6) is 0.559. The Bertz CT molecular complexity index is 334. The Hall–Kier alpha value is -0.570. The summed E-state index contributed by atoms with van der Waals surface area (Å²) in [6.45, 7) is 11.7. The standard InChI is InChI=1S/C16H29NO2/c1-5-19-14(18)11-16(17-8-6-7-9-17)12-15(3,4)10-13(16)2/h13H,5-12H2,1-4H3. The van der Waals surface area contributed by atoms with Crippen molar-refractivity contribution in [1.29, 1.82) is 0 Å². The zero-order valence-electron chi connectivity index (χ0n) is 13.0. The fourth-order valence-electron chi connectivity index (χ4n) is 4.49. The molecule has 1 saturated heterocycles. The molecular formula is C16H29NO2. The van der Waals surface area contributed by atoms with Gasteiger partial charge in [-0.3, -0.25) is 9.69 Å². The van der Waals surface area contributed by atoms with Gasteiger partial charge in [-0.25, -0.2) is 0 Å². The van der Waals surface area contributed by atoms with Crippen LogP contribution in [-0.4, -0.2) is 36.1 Å². The second kappa shape index (κ2) is 5.43. The van der Waals surface area contributed by atoms with Crippen LogP contribution in [0.1, 0.15) is 59.8 Å². The van der Waals surface area contributed by atoms with E-state index in [1.54, 1.807) is 0 Å². The van der Waals surface area contributed by atoms with Crippen molar-refractivity contribution in [3.8, 4) is 0 Å². The first-order valence-electron chi connectivity index (χ1n) is 7.80. The molecule has 3 heteroatoms. The van der Waals surface area contributed by atoms with Crippen molar-refractivity contribution in [1.82, 2.24) is 4.90 Å². The van der Waals surface area contributed by atoms with Gasteiger partial charge in [-0.05, 0) is 57.0 Å². The Morgan fingerprint density at radius 2 is 1.95 bits per heavy atom. The van der Waals surface area contributed by atoms with E-state index in [-0.39, 0.29) is 11.5 Å². The highest BCUT2D eigenvalue weighted by atomic mass is 16.5. The Labute approximate surface area is 117 Å². The third-order valence-corrected chi connectivity index (χ3v) is 5.05. The van der Waals surface area contributed by atoms with Gasteiger partial charge >= 0.3 is 5.97 Å². The summed E-state index contributed by atoms with van der Waals surface area (Å²) >= 11 is 0. The van der Waals surface area contributed by atoms with Crippen molar-refractivity contribution in [2.75, 3.05) is 19.7 Å². The highest BCUT2D eigenvalue weighted by Crippen LogP contribution is 2.52. The molecule has 1 saturated carbocycles. The van der Waals surface area contributed by atoms with Gasteiger partial charge in [0.2, 0.25) is 0 Å². The van der Waals surface area contributed by atoms with Gasteiger partial charge in [-0.15, -0.1) is 0 Å². The molecule has 0 amide bonds. The third kappa shape index (κ3) is 2.96. The fourth-order valence-corrected chi connectivity index (χ4v) is 4.49. The van der Waals surface area contributed by atoms with Crippen LogP contribution < -0.4 is 0 Å². The molecule has 110 valence electrons. The quantitative estimate of drug-likeness (QED) is 0.732. The number of esters is 1. The van der Waals surface area contributed by atoms with E-state index in [9.17, 15) is 4.79 Å². The van der Waals surface area contributed by atoms with Gasteiger partial charge in [0.15, 0.2) is 0 Å². The molecule has 0 bridgehead atoms. The minimum Gasteiger partial charge on any atom is -0.466 e. The molecule has 0 aromatic carbocycles. The van der Waals surface area contributed by atoms with E-state index < -0.39 is 0 Å². The molecular weight excluding hydrogens is 238 g/mol. The van der Waals surface area contributed by atoms with Gasteiger partial charge in [-0.2, -0.15) is 0 Å². The summed E-state index contributed by atoms with van der Waals surface area (Å²) in [5, 5.41) is 0. The average Bonchev–Trinajstić information content (AvgIpc) is 2.86. The van der Waals surface area contributed by atoms with Gasteiger partial charge in [0.05, 0.1) is 13.0 Å². The summed E-state index contributed by atoms with van der Waals surface area (Å²) in [7, 11) is 0. The van der Waals surface area contributed by atoms with Crippen molar-refractivity contribution in [2.45, 2.75) is 65.3 Å². The molecule has 0 aromatic rings. The van der Waals surface area contributed by atoms with Crippen LogP contribution in [-0.2, 0) is 9.53 Å². The number of hydrogen-bond donors (Lipinski definition) is 0. The highest BCUT2D eigenvalue weighted by Gasteiger charge is 2.53. The van der Waals surface area contributed by atoms with E-state index >= 15 is 0 Å². The van der Waals surface area contributed by atoms with Crippen LogP contribution in [0.4, 0.5) is 0 Å². The largest absolute Gasteiger partial charge is 0.466 e. The van der Waals surface area contributed by atoms with Gasteiger partial charge in [0.25, 0.3) is 0 Å². The number of nitrogens with zero attached hydrogens (tertiary/aromatic N) is 1. The summed E-state index contributed by atoms with van der Waals surface area (Å²) in [4.78, 5) is 14.7. The normalized spacial score (nSPS) is 34.6. The lowest BCUT2D eigenvalue weighted by atomic mass is 9.82. The first kappa shape index (κ1) is 14.8. The van der Waals surface area contributed by atoms with Crippen LogP contribution in [0.15, 0.2) is 0 Å². The summed E-state index contributed by atoms with van der Waals surface area (Å²) in [5.41, 5.74) is 0.390. The molecule has 0 spiro atoms. The van der Waals surface area contributed by atoms with Crippen LogP contribution in [0.5, 0.6) is 0 Å². The van der Waals surface area contributed by atoms with E-state index in [1.165, 1.54) is 19.3 Å². The maximum absolute atomic E-state index is 12.1. The molecule has 0 radical (unpaired) electrons. The van der Waals surface area contributed by atoms with E-state index in [2.05, 4.69) is 25.7 Å². The molecule has 2 fully saturated rings. The molecule has 1 aliphatic carbocycles. The number of carbonyl (C=O) groups excluding carboxylic acids is 1. The smallest absolute Gasteiger partial charge is 0.307 e. The average molecular weight is 267 g/mol. The van der Waals surface area contributed by atoms with Crippen LogP contribution in [0.25, 0.3) is 0 Å². The number of carbonyl (C=O) groups is 1. The Morgan fingerprint density at radius 1 is 1.32 bits per heavy atom. The molecule has 19 heavy (non-hydrogen) atoms. The van der Waals surface area contributed by atoms with Crippen molar-refractivity contribution in [3.05, 3.63) is 0 Å². The topological polar surface area (TPSA) is 29.5 Å². The second-order valence-corrected chi connectivity index (χ2v) is 7.23. The zero-order chi connectivity index (χ0) is 14.1. The lowest BCUT2D eigenvalue weighted by Crippen LogP contribution is -2.51. The molecule has 3 nitrogen and oxygen atoms in total. The highest BCUT2D eigenvalue weighted by molar-refractivity contribution is 5.71. The molecule has 2 atom stereocenters. The zero-order valence-corrected chi connectivity index (χ0v) is 13.0. The fraction of sp³-hybridized carbons (Fsp3) is 0.938. The lowest BCUT2D eigenvalue weighted by molar-refractivity contribution is -0.147. The number of hydrogen-bond acceptors (Lipinski definition) is 3. The molecule has 1 aliphatic heterocycles. The first-order chi connectivity index (χ1) is 8.89. The predicted octanol–water partition coefficient (Wildman–Crippen LogP) is 3.23. The summed E-state index contributed by atoms with van der Waals surface area (Å²) in [6, 6.07) is 0. The van der Waals surface area contributed by atoms with Gasteiger partial charge < -0.3 is 4.74 Å². The summed E-state index contributed by atoms with van der Waals surface area (Å²) < 4.78 is 5.24. The summed E-state index contributed by atoms with van der Waals surface area (Å²) in [6.07, 6.45) is 5.46. The maximum Gasteiger partial charge on any atom is 0.307 e. The van der Waals surface area contributed by atoms with Crippen LogP contribution >= 0.6 is 0 Å². The third-order valence-electron chi connectivity index (χ3n) is 5.05. The molecule has 2 rings (SSSR count). The number of ether oxygens (including phenoxy) is 1. The van der Waals surface area contributed by atoms with Crippen LogP contribution in [0.3, 0.4) is 0 Å². The van der Waals surface area contributed by atoms with Gasteiger partial charge in [-0.1, -0.05) is 20.8 Å².